The molecule has 7 heteroatoms. The summed E-state index contributed by atoms with van der Waals surface area (Å²) in [5.74, 6) is 0. The van der Waals surface area contributed by atoms with Crippen LogP contribution in [-0.2, 0) is 14.7 Å². The van der Waals surface area contributed by atoms with Crippen molar-refractivity contribution in [2.24, 2.45) is 5.16 Å². The first-order valence-corrected chi connectivity index (χ1v) is 8.22. The van der Waals surface area contributed by atoms with Crippen LogP contribution in [0.1, 0.15) is 17.5 Å². The molecule has 0 N–H and O–H groups in total. The van der Waals surface area contributed by atoms with Crippen molar-refractivity contribution in [1.82, 2.24) is 0 Å². The molecule has 1 heterocycles. The molecule has 0 atom stereocenters. The van der Waals surface area contributed by atoms with Crippen molar-refractivity contribution in [3.8, 4) is 0 Å². The van der Waals surface area contributed by atoms with Crippen LogP contribution in [0.5, 0.6) is 0 Å². The van der Waals surface area contributed by atoms with Crippen molar-refractivity contribution < 1.29 is 13.3 Å². The van der Waals surface area contributed by atoms with Gasteiger partial charge in [-0.2, -0.15) is 0 Å². The first kappa shape index (κ1) is 13.8. The Bertz CT molecular complexity index is 613. The quantitative estimate of drug-likeness (QED) is 0.786. The van der Waals surface area contributed by atoms with E-state index in [4.69, 9.17) is 16.4 Å². The van der Waals surface area contributed by atoms with Gasteiger partial charge in [0, 0.05) is 16.5 Å². The van der Waals surface area contributed by atoms with E-state index in [0.717, 1.165) is 10.0 Å². The number of alkyl halides is 1. The van der Waals surface area contributed by atoms with Gasteiger partial charge in [0.2, 0.25) is 0 Å². The summed E-state index contributed by atoms with van der Waals surface area (Å²) in [4.78, 5) is 5.16. The van der Waals surface area contributed by atoms with Gasteiger partial charge in [-0.15, -0.1) is 11.6 Å². The maximum absolute atomic E-state index is 12.0. The Balaban J connectivity index is 2.71. The SMILES string of the molecule is Cc1c(Br)ccc(S(=O)(=O)CCl)c1C1=NOCC1. The highest BCUT2D eigenvalue weighted by Gasteiger charge is 2.25. The Labute approximate surface area is 119 Å². The molecule has 0 fully saturated rings. The summed E-state index contributed by atoms with van der Waals surface area (Å²) >= 11 is 8.92. The molecule has 0 aliphatic carbocycles. The van der Waals surface area contributed by atoms with E-state index in [2.05, 4.69) is 21.1 Å². The topological polar surface area (TPSA) is 55.7 Å². The second-order valence-corrected chi connectivity index (χ2v) is 7.29. The average molecular weight is 353 g/mol. The molecule has 0 bridgehead atoms. The fraction of sp³-hybridized carbons (Fsp3) is 0.364. The van der Waals surface area contributed by atoms with Gasteiger partial charge in [0.1, 0.15) is 11.8 Å². The monoisotopic (exact) mass is 351 g/mol. The van der Waals surface area contributed by atoms with Gasteiger partial charge in [-0.25, -0.2) is 8.42 Å². The standard InChI is InChI=1S/C11H11BrClNO3S/c1-7-8(12)2-3-10(18(15,16)6-13)11(7)9-4-5-17-14-9/h2-3H,4-6H2,1H3. The van der Waals surface area contributed by atoms with Crippen LogP contribution < -0.4 is 0 Å². The molecule has 0 aromatic heterocycles. The van der Waals surface area contributed by atoms with E-state index in [0.29, 0.717) is 24.3 Å². The summed E-state index contributed by atoms with van der Waals surface area (Å²) in [5.41, 5.74) is 2.07. The largest absolute Gasteiger partial charge is 0.395 e. The molecule has 4 nitrogen and oxygen atoms in total. The van der Waals surface area contributed by atoms with Crippen LogP contribution >= 0.6 is 27.5 Å². The van der Waals surface area contributed by atoms with Crippen molar-refractivity contribution in [3.63, 3.8) is 0 Å². The summed E-state index contributed by atoms with van der Waals surface area (Å²) in [6.07, 6.45) is 0.599. The van der Waals surface area contributed by atoms with Gasteiger partial charge in [0.25, 0.3) is 0 Å². The number of hydrogen-bond acceptors (Lipinski definition) is 4. The zero-order valence-corrected chi connectivity index (χ0v) is 12.8. The molecule has 98 valence electrons. The zero-order valence-electron chi connectivity index (χ0n) is 9.61. The Kier molecular flexibility index (Phi) is 3.99. The number of oxime groups is 1. The molecule has 0 radical (unpaired) electrons. The molecule has 1 aliphatic rings. The summed E-state index contributed by atoms with van der Waals surface area (Å²) in [6.45, 7) is 2.31. The van der Waals surface area contributed by atoms with Gasteiger partial charge < -0.3 is 4.84 Å². The Morgan fingerprint density at radius 1 is 1.50 bits per heavy atom. The molecule has 0 spiro atoms. The van der Waals surface area contributed by atoms with E-state index in [1.165, 1.54) is 0 Å². The predicted molar refractivity (Wildman–Crippen MR) is 73.9 cm³/mol. The van der Waals surface area contributed by atoms with Gasteiger partial charge in [0.05, 0.1) is 10.6 Å². The van der Waals surface area contributed by atoms with Crippen molar-refractivity contribution in [3.05, 3.63) is 27.7 Å². The lowest BCUT2D eigenvalue weighted by molar-refractivity contribution is 0.174. The van der Waals surface area contributed by atoms with Gasteiger partial charge in [-0.1, -0.05) is 21.1 Å². The van der Waals surface area contributed by atoms with Crippen LogP contribution in [0.15, 0.2) is 26.7 Å². The third kappa shape index (κ3) is 2.41. The lowest BCUT2D eigenvalue weighted by Crippen LogP contribution is -2.12. The highest BCUT2D eigenvalue weighted by atomic mass is 79.9. The minimum Gasteiger partial charge on any atom is -0.395 e. The summed E-state index contributed by atoms with van der Waals surface area (Å²) in [6, 6.07) is 3.25. The molecular weight excluding hydrogens is 342 g/mol. The molecule has 0 unspecified atom stereocenters. The minimum absolute atomic E-state index is 0.211. The highest BCUT2D eigenvalue weighted by Crippen LogP contribution is 2.30. The van der Waals surface area contributed by atoms with Crippen LogP contribution in [-0.4, -0.2) is 25.9 Å². The number of rotatable bonds is 3. The molecule has 1 aromatic carbocycles. The third-order valence-corrected chi connectivity index (χ3v) is 5.75. The van der Waals surface area contributed by atoms with Gasteiger partial charge in [-0.05, 0) is 24.6 Å². The number of benzene rings is 1. The van der Waals surface area contributed by atoms with Crippen molar-refractivity contribution in [2.75, 3.05) is 11.8 Å². The summed E-state index contributed by atoms with van der Waals surface area (Å²) in [5, 5.41) is 3.46. The number of sulfone groups is 1. The fourth-order valence-electron chi connectivity index (χ4n) is 1.82. The third-order valence-electron chi connectivity index (χ3n) is 2.73. The van der Waals surface area contributed by atoms with Crippen LogP contribution in [0.2, 0.25) is 0 Å². The number of halogens is 2. The first-order chi connectivity index (χ1) is 8.47. The predicted octanol–water partition coefficient (Wildman–Crippen LogP) is 2.85. The normalized spacial score (nSPS) is 15.4. The summed E-state index contributed by atoms with van der Waals surface area (Å²) in [7, 11) is -3.50. The van der Waals surface area contributed by atoms with E-state index in [1.54, 1.807) is 12.1 Å². The van der Waals surface area contributed by atoms with E-state index < -0.39 is 15.0 Å². The molecule has 0 saturated heterocycles. The fourth-order valence-corrected chi connectivity index (χ4v) is 3.48. The maximum Gasteiger partial charge on any atom is 0.192 e. The Morgan fingerprint density at radius 3 is 2.78 bits per heavy atom. The molecule has 1 aliphatic heterocycles. The van der Waals surface area contributed by atoms with Crippen LogP contribution in [0.3, 0.4) is 0 Å². The van der Waals surface area contributed by atoms with Gasteiger partial charge in [-0.3, -0.25) is 0 Å². The highest BCUT2D eigenvalue weighted by molar-refractivity contribution is 9.10. The minimum atomic E-state index is -3.50. The first-order valence-electron chi connectivity index (χ1n) is 5.24. The van der Waals surface area contributed by atoms with Crippen molar-refractivity contribution in [2.45, 2.75) is 18.2 Å². The Hall–Kier alpha value is -0.590. The smallest absolute Gasteiger partial charge is 0.192 e. The van der Waals surface area contributed by atoms with E-state index in [1.807, 2.05) is 6.92 Å². The number of hydrogen-bond donors (Lipinski definition) is 0. The second kappa shape index (κ2) is 5.19. The molecular formula is C11H11BrClNO3S. The second-order valence-electron chi connectivity index (χ2n) is 3.89. The molecule has 0 saturated carbocycles. The summed E-state index contributed by atoms with van der Waals surface area (Å²) < 4.78 is 24.8. The lowest BCUT2D eigenvalue weighted by Gasteiger charge is -2.12. The van der Waals surface area contributed by atoms with Gasteiger partial charge in [0.15, 0.2) is 9.84 Å². The van der Waals surface area contributed by atoms with E-state index >= 15 is 0 Å². The van der Waals surface area contributed by atoms with Gasteiger partial charge >= 0.3 is 0 Å². The number of nitrogens with zero attached hydrogens (tertiary/aromatic N) is 1. The van der Waals surface area contributed by atoms with Crippen molar-refractivity contribution in [1.29, 1.82) is 0 Å². The van der Waals surface area contributed by atoms with E-state index in [-0.39, 0.29) is 4.90 Å². The Morgan fingerprint density at radius 2 is 2.22 bits per heavy atom. The van der Waals surface area contributed by atoms with Crippen LogP contribution in [0, 0.1) is 6.92 Å². The molecule has 1 aromatic rings. The molecule has 0 amide bonds. The van der Waals surface area contributed by atoms with Crippen molar-refractivity contribution >= 4 is 43.1 Å². The maximum atomic E-state index is 12.0. The van der Waals surface area contributed by atoms with E-state index in [9.17, 15) is 8.42 Å². The molecule has 2 rings (SSSR count). The lowest BCUT2D eigenvalue weighted by atomic mass is 10.0. The van der Waals surface area contributed by atoms with Crippen LogP contribution in [0.25, 0.3) is 0 Å². The molecule has 18 heavy (non-hydrogen) atoms. The van der Waals surface area contributed by atoms with Crippen LogP contribution in [0.4, 0.5) is 0 Å². The zero-order chi connectivity index (χ0) is 13.3. The average Bonchev–Trinajstić information content (AvgIpc) is 2.85.